The van der Waals surface area contributed by atoms with Gasteiger partial charge in [-0.05, 0) is 90.5 Å². The smallest absolute Gasteiger partial charge is 0.328 e. The molecule has 7 amide bonds. The van der Waals surface area contributed by atoms with Crippen molar-refractivity contribution in [1.82, 2.24) is 58.1 Å². The second-order valence-corrected chi connectivity index (χ2v) is 17.0. The molecule has 2 heterocycles. The molecular formula is C40H73N17O10. The Balaban J connectivity index is 2.31. The van der Waals surface area contributed by atoms with Crippen LogP contribution in [0.4, 0.5) is 0 Å². The van der Waals surface area contributed by atoms with Crippen LogP contribution in [0, 0.1) is 22.1 Å². The molecular weight excluding hydrogens is 879 g/mol. The summed E-state index contributed by atoms with van der Waals surface area (Å²) in [6.45, 7) is 7.14. The van der Waals surface area contributed by atoms with E-state index in [-0.39, 0.29) is 81.9 Å². The van der Waals surface area contributed by atoms with Gasteiger partial charge in [-0.25, -0.2) is 4.79 Å². The lowest BCUT2D eigenvalue weighted by Gasteiger charge is -2.29. The highest BCUT2D eigenvalue weighted by Crippen LogP contribution is 2.21. The Morgan fingerprint density at radius 1 is 0.627 bits per heavy atom. The van der Waals surface area contributed by atoms with Crippen LogP contribution in [0.5, 0.6) is 0 Å². The summed E-state index contributed by atoms with van der Waals surface area (Å²) >= 11 is 0. The zero-order valence-corrected chi connectivity index (χ0v) is 38.7. The molecule has 0 aliphatic carbocycles. The number of aliphatic hydroxyl groups excluding tert-OH is 1. The third-order valence-corrected chi connectivity index (χ3v) is 11.1. The Morgan fingerprint density at radius 3 is 1.54 bits per heavy atom. The quantitative estimate of drug-likeness (QED) is 0.0198. The summed E-state index contributed by atoms with van der Waals surface area (Å²) in [5.74, 6) is -8.02. The molecule has 67 heavy (non-hydrogen) atoms. The number of rotatable bonds is 28. The van der Waals surface area contributed by atoms with Gasteiger partial charge in [-0.2, -0.15) is 0 Å². The van der Waals surface area contributed by atoms with Crippen LogP contribution in [0.15, 0.2) is 0 Å². The minimum absolute atomic E-state index is 0.0349. The van der Waals surface area contributed by atoms with E-state index >= 15 is 0 Å². The van der Waals surface area contributed by atoms with Crippen LogP contribution in [0.25, 0.3) is 0 Å². The van der Waals surface area contributed by atoms with Crippen molar-refractivity contribution >= 4 is 65.2 Å². The molecule has 0 aromatic carbocycles. The Morgan fingerprint density at radius 2 is 1.09 bits per heavy atom. The first-order valence-electron chi connectivity index (χ1n) is 22.5. The highest BCUT2D eigenvalue weighted by atomic mass is 16.4. The van der Waals surface area contributed by atoms with Crippen molar-refractivity contribution in [2.45, 2.75) is 146 Å². The first-order valence-corrected chi connectivity index (χ1v) is 22.5. The van der Waals surface area contributed by atoms with Crippen molar-refractivity contribution in [1.29, 1.82) is 16.2 Å². The molecule has 0 aromatic heterocycles. The largest absolute Gasteiger partial charge is 0.480 e. The van der Waals surface area contributed by atoms with Gasteiger partial charge in [0, 0.05) is 26.2 Å². The summed E-state index contributed by atoms with van der Waals surface area (Å²) in [6, 6.07) is -9.44. The number of likely N-dealkylation sites (tertiary alicyclic amines) is 1. The summed E-state index contributed by atoms with van der Waals surface area (Å²) in [4.78, 5) is 109. The topological polar surface area (TPSA) is 450 Å². The van der Waals surface area contributed by atoms with E-state index < -0.39 is 102 Å². The third kappa shape index (κ3) is 19.9. The summed E-state index contributed by atoms with van der Waals surface area (Å²) in [5.41, 5.74) is 16.2. The molecule has 21 N–H and O–H groups in total. The second-order valence-electron chi connectivity index (χ2n) is 17.0. The molecule has 0 radical (unpaired) electrons. The lowest BCUT2D eigenvalue weighted by Crippen LogP contribution is -2.60. The fraction of sp³-hybridized carbons (Fsp3) is 0.725. The summed E-state index contributed by atoms with van der Waals surface area (Å²) < 4.78 is 0. The molecule has 0 saturated carbocycles. The number of hydrogen-bond acceptors (Lipinski definition) is 13. The summed E-state index contributed by atoms with van der Waals surface area (Å²) in [7, 11) is 0. The molecule has 27 heteroatoms. The number of nitrogens with two attached hydrogens (primary N) is 3. The minimum Gasteiger partial charge on any atom is -0.480 e. The molecule has 2 fully saturated rings. The van der Waals surface area contributed by atoms with Crippen LogP contribution < -0.4 is 70.4 Å². The Kier molecular flexibility index (Phi) is 24.1. The lowest BCUT2D eigenvalue weighted by molar-refractivity contribution is -0.145. The van der Waals surface area contributed by atoms with Crippen LogP contribution in [-0.2, 0) is 38.4 Å². The number of carboxylic acid groups (broad SMARTS) is 1. The number of carbonyl (C=O) groups excluding carboxylic acids is 7. The SMILES string of the molecule is CC(C)[C@H](NC(=O)[C@H](CCCNC(=N)N)NC(=O)[C@H](C)NC(=O)[C@H](CCCNC(=N)N)NC(=O)[C@H](CCCNC(=N)N)NC(=O)[C@@H]1CCCN1C(=O)[C@@H]1CCCN1)C(=O)N[C@H](C(=O)O)[C@@H](C)O. The third-order valence-electron chi connectivity index (χ3n) is 11.1. The highest BCUT2D eigenvalue weighted by Gasteiger charge is 2.40. The fourth-order valence-corrected chi connectivity index (χ4v) is 7.43. The second kappa shape index (κ2) is 28.5. The van der Waals surface area contributed by atoms with Crippen LogP contribution in [0.2, 0.25) is 0 Å². The van der Waals surface area contributed by atoms with E-state index in [2.05, 4.69) is 53.2 Å². The standard InChI is InChI=1S/C40H73N17O10/c1-20(2)28(35(64)56-29(22(4)58)37(66)67)55-33(62)25(12-7-18-50-40(45)46)52-30(59)21(3)51-31(60)23(10-5-16-48-38(41)42)53-32(61)24(11-6-17-49-39(43)44)54-34(63)27-14-9-19-57(27)36(65)26-13-8-15-47-26/h20-29,47,58H,5-19H2,1-4H3,(H,51,60)(H,52,59)(H,53,61)(H,54,63)(H,55,62)(H,56,64)(H,66,67)(H4,41,42,48)(H4,43,44,49)(H4,45,46,50)/t21-,22+,23-,24-,25-,26-,27-,28-,29-/m0/s1. The Bertz CT molecular complexity index is 1760. The first-order chi connectivity index (χ1) is 31.5. The number of carboxylic acids is 1. The van der Waals surface area contributed by atoms with Gasteiger partial charge in [0.15, 0.2) is 23.9 Å². The maximum absolute atomic E-state index is 14.0. The normalized spacial score (nSPS) is 18.6. The van der Waals surface area contributed by atoms with Crippen molar-refractivity contribution in [2.75, 3.05) is 32.7 Å². The Labute approximate surface area is 389 Å². The van der Waals surface area contributed by atoms with Crippen molar-refractivity contribution in [3.8, 4) is 0 Å². The van der Waals surface area contributed by atoms with Crippen LogP contribution in [-0.4, -0.2) is 167 Å². The van der Waals surface area contributed by atoms with Gasteiger partial charge in [0.25, 0.3) is 0 Å². The predicted molar refractivity (Wildman–Crippen MR) is 245 cm³/mol. The molecule has 0 bridgehead atoms. The van der Waals surface area contributed by atoms with Gasteiger partial charge in [0.05, 0.1) is 12.1 Å². The molecule has 378 valence electrons. The number of nitrogens with one attached hydrogen (secondary N) is 13. The van der Waals surface area contributed by atoms with Gasteiger partial charge in [-0.1, -0.05) is 13.8 Å². The van der Waals surface area contributed by atoms with Crippen molar-refractivity contribution in [3.63, 3.8) is 0 Å². The van der Waals surface area contributed by atoms with Crippen LogP contribution in [0.3, 0.4) is 0 Å². The van der Waals surface area contributed by atoms with E-state index in [1.54, 1.807) is 13.8 Å². The number of aliphatic hydroxyl groups is 1. The first kappa shape index (κ1) is 56.6. The van der Waals surface area contributed by atoms with Crippen LogP contribution >= 0.6 is 0 Å². The van der Waals surface area contributed by atoms with Crippen molar-refractivity contribution < 1.29 is 48.6 Å². The molecule has 27 nitrogen and oxygen atoms in total. The Hall–Kier alpha value is -6.51. The zero-order valence-electron chi connectivity index (χ0n) is 38.7. The van der Waals surface area contributed by atoms with Gasteiger partial charge in [0.2, 0.25) is 41.4 Å². The minimum atomic E-state index is -1.68. The van der Waals surface area contributed by atoms with Gasteiger partial charge in [-0.3, -0.25) is 49.8 Å². The highest BCUT2D eigenvalue weighted by molar-refractivity contribution is 5.97. The maximum Gasteiger partial charge on any atom is 0.328 e. The van der Waals surface area contributed by atoms with E-state index in [9.17, 15) is 48.6 Å². The van der Waals surface area contributed by atoms with E-state index in [1.807, 2.05) is 0 Å². The molecule has 2 saturated heterocycles. The molecule has 2 aliphatic heterocycles. The lowest BCUT2D eigenvalue weighted by atomic mass is 10.0. The zero-order chi connectivity index (χ0) is 50.4. The van der Waals surface area contributed by atoms with Gasteiger partial charge < -0.3 is 85.5 Å². The monoisotopic (exact) mass is 952 g/mol. The fourth-order valence-electron chi connectivity index (χ4n) is 7.43. The van der Waals surface area contributed by atoms with Gasteiger partial charge >= 0.3 is 5.97 Å². The van der Waals surface area contributed by atoms with Gasteiger partial charge in [0.1, 0.15) is 36.3 Å². The van der Waals surface area contributed by atoms with E-state index in [0.717, 1.165) is 6.42 Å². The molecule has 0 unspecified atom stereocenters. The number of guanidine groups is 3. The maximum atomic E-state index is 14.0. The summed E-state index contributed by atoms with van der Waals surface area (Å²) in [6.07, 6.45) is 1.51. The number of nitrogens with zero attached hydrogens (tertiary/aromatic N) is 1. The molecule has 0 aromatic rings. The van der Waals surface area contributed by atoms with E-state index in [0.29, 0.717) is 32.4 Å². The molecule has 0 spiro atoms. The number of aliphatic carboxylic acids is 1. The van der Waals surface area contributed by atoms with Crippen molar-refractivity contribution in [2.24, 2.45) is 23.1 Å². The number of carbonyl (C=O) groups is 8. The van der Waals surface area contributed by atoms with E-state index in [4.69, 9.17) is 33.4 Å². The van der Waals surface area contributed by atoms with Crippen molar-refractivity contribution in [3.05, 3.63) is 0 Å². The number of hydrogen-bond donors (Lipinski definition) is 18. The molecule has 9 atom stereocenters. The average molecular weight is 952 g/mol. The average Bonchev–Trinajstić information content (AvgIpc) is 3.98. The molecule has 2 rings (SSSR count). The van der Waals surface area contributed by atoms with Crippen LogP contribution in [0.1, 0.15) is 91.9 Å². The number of amides is 7. The summed E-state index contributed by atoms with van der Waals surface area (Å²) in [5, 5.41) is 68.0. The van der Waals surface area contributed by atoms with Gasteiger partial charge in [-0.15, -0.1) is 0 Å². The molecule has 2 aliphatic rings. The predicted octanol–water partition coefficient (Wildman–Crippen LogP) is -5.43. The van der Waals surface area contributed by atoms with E-state index in [1.165, 1.54) is 18.7 Å².